The summed E-state index contributed by atoms with van der Waals surface area (Å²) in [6, 6.07) is 2.12. The maximum Gasteiger partial charge on any atom is 0.243 e. The van der Waals surface area contributed by atoms with Gasteiger partial charge in [0.05, 0.1) is 6.07 Å². The summed E-state index contributed by atoms with van der Waals surface area (Å²) in [5.74, 6) is 0.0372. The average Bonchev–Trinajstić information content (AvgIpc) is 3.18. The number of nitriles is 1. The van der Waals surface area contributed by atoms with Crippen LogP contribution in [0.2, 0.25) is 0 Å². The Kier molecular flexibility index (Phi) is 3.05. The monoisotopic (exact) mass is 235 g/mol. The third-order valence-electron chi connectivity index (χ3n) is 3.77. The Hall–Kier alpha value is -1.57. The van der Waals surface area contributed by atoms with Crippen LogP contribution < -0.4 is 5.32 Å². The largest absolute Gasteiger partial charge is 0.359 e. The number of amides is 2. The number of hydrogen-bond donors (Lipinski definition) is 1. The predicted molar refractivity (Wildman–Crippen MR) is 60.7 cm³/mol. The highest BCUT2D eigenvalue weighted by Gasteiger charge is 2.52. The van der Waals surface area contributed by atoms with Crippen molar-refractivity contribution in [2.24, 2.45) is 11.3 Å². The molecule has 0 spiro atoms. The minimum atomic E-state index is -0.722. The van der Waals surface area contributed by atoms with Gasteiger partial charge in [0, 0.05) is 26.1 Å². The Bertz CT molecular complexity index is 374. The average molecular weight is 235 g/mol. The second-order valence-electron chi connectivity index (χ2n) is 4.87. The molecule has 92 valence electrons. The molecule has 1 aliphatic carbocycles. The summed E-state index contributed by atoms with van der Waals surface area (Å²) < 4.78 is 0. The van der Waals surface area contributed by atoms with E-state index < -0.39 is 5.41 Å². The third kappa shape index (κ3) is 2.12. The molecule has 1 heterocycles. The quantitative estimate of drug-likeness (QED) is 0.747. The molecule has 0 atom stereocenters. The molecule has 0 aromatic carbocycles. The van der Waals surface area contributed by atoms with E-state index in [2.05, 4.69) is 11.4 Å². The van der Waals surface area contributed by atoms with Gasteiger partial charge >= 0.3 is 0 Å². The number of hydrogen-bond acceptors (Lipinski definition) is 3. The van der Waals surface area contributed by atoms with Crippen molar-refractivity contribution in [1.29, 1.82) is 5.26 Å². The van der Waals surface area contributed by atoms with Crippen molar-refractivity contribution in [3.63, 3.8) is 0 Å². The Morgan fingerprint density at radius 2 is 1.94 bits per heavy atom. The van der Waals surface area contributed by atoms with Crippen molar-refractivity contribution in [2.45, 2.75) is 25.7 Å². The second kappa shape index (κ2) is 4.36. The molecule has 1 N–H and O–H groups in total. The van der Waals surface area contributed by atoms with Crippen LogP contribution in [0.4, 0.5) is 0 Å². The van der Waals surface area contributed by atoms with Gasteiger partial charge in [0.25, 0.3) is 0 Å². The zero-order valence-corrected chi connectivity index (χ0v) is 10.0. The molecule has 0 radical (unpaired) electrons. The Morgan fingerprint density at radius 1 is 1.35 bits per heavy atom. The molecular weight excluding hydrogens is 218 g/mol. The summed E-state index contributed by atoms with van der Waals surface area (Å²) in [4.78, 5) is 25.2. The molecule has 0 aromatic heterocycles. The van der Waals surface area contributed by atoms with Gasteiger partial charge in [0.15, 0.2) is 0 Å². The molecule has 0 aromatic rings. The number of carbonyl (C=O) groups is 2. The van der Waals surface area contributed by atoms with E-state index in [9.17, 15) is 9.59 Å². The van der Waals surface area contributed by atoms with Crippen LogP contribution >= 0.6 is 0 Å². The summed E-state index contributed by atoms with van der Waals surface area (Å²) in [6.45, 7) is 1.20. The van der Waals surface area contributed by atoms with Crippen LogP contribution in [-0.4, -0.2) is 36.9 Å². The zero-order chi connectivity index (χ0) is 12.5. The lowest BCUT2D eigenvalue weighted by Crippen LogP contribution is -2.45. The Labute approximate surface area is 101 Å². The van der Waals surface area contributed by atoms with Crippen LogP contribution in [0.1, 0.15) is 25.7 Å². The first kappa shape index (κ1) is 11.9. The fourth-order valence-corrected chi connectivity index (χ4v) is 2.35. The zero-order valence-electron chi connectivity index (χ0n) is 10.0. The third-order valence-corrected chi connectivity index (χ3v) is 3.77. The minimum absolute atomic E-state index is 0.0151. The van der Waals surface area contributed by atoms with Crippen LogP contribution in [0.3, 0.4) is 0 Å². The summed E-state index contributed by atoms with van der Waals surface area (Å²) in [6.07, 6.45) is 2.79. The number of likely N-dealkylation sites (tertiary alicyclic amines) is 1. The van der Waals surface area contributed by atoms with Crippen LogP contribution in [-0.2, 0) is 9.59 Å². The Balaban J connectivity index is 1.90. The van der Waals surface area contributed by atoms with Gasteiger partial charge in [-0.25, -0.2) is 0 Å². The minimum Gasteiger partial charge on any atom is -0.359 e. The van der Waals surface area contributed by atoms with Gasteiger partial charge in [-0.15, -0.1) is 0 Å². The maximum absolute atomic E-state index is 12.1. The molecule has 2 aliphatic rings. The molecule has 2 rings (SSSR count). The van der Waals surface area contributed by atoms with E-state index in [4.69, 9.17) is 5.26 Å². The highest BCUT2D eigenvalue weighted by molar-refractivity contribution is 5.88. The van der Waals surface area contributed by atoms with Crippen molar-refractivity contribution in [3.8, 4) is 6.07 Å². The van der Waals surface area contributed by atoms with Gasteiger partial charge in [-0.1, -0.05) is 0 Å². The second-order valence-corrected chi connectivity index (χ2v) is 4.87. The first-order valence-corrected chi connectivity index (χ1v) is 6.05. The van der Waals surface area contributed by atoms with Crippen LogP contribution in [0.15, 0.2) is 0 Å². The summed E-state index contributed by atoms with van der Waals surface area (Å²) in [5.41, 5.74) is -0.722. The van der Waals surface area contributed by atoms with Gasteiger partial charge in [-0.3, -0.25) is 9.59 Å². The summed E-state index contributed by atoms with van der Waals surface area (Å²) >= 11 is 0. The smallest absolute Gasteiger partial charge is 0.243 e. The van der Waals surface area contributed by atoms with E-state index in [0.29, 0.717) is 38.8 Å². The van der Waals surface area contributed by atoms with E-state index in [0.717, 1.165) is 0 Å². The lowest BCUT2D eigenvalue weighted by Gasteiger charge is -2.32. The molecule has 1 aliphatic heterocycles. The molecule has 0 bridgehead atoms. The number of nitrogens with zero attached hydrogens (tertiary/aromatic N) is 2. The fraction of sp³-hybridized carbons (Fsp3) is 0.750. The van der Waals surface area contributed by atoms with Crippen molar-refractivity contribution in [1.82, 2.24) is 10.2 Å². The Morgan fingerprint density at radius 3 is 2.35 bits per heavy atom. The highest BCUT2D eigenvalue weighted by atomic mass is 16.2. The standard InChI is InChI=1S/C12H17N3O2/c1-14-10(16)9-2-6-15(7-3-9)11(17)12(8-13)4-5-12/h9H,2-7H2,1H3,(H,14,16). The number of carbonyl (C=O) groups excluding carboxylic acids is 2. The first-order valence-electron chi connectivity index (χ1n) is 6.05. The van der Waals surface area contributed by atoms with Crippen molar-refractivity contribution < 1.29 is 9.59 Å². The lowest BCUT2D eigenvalue weighted by molar-refractivity contribution is -0.138. The van der Waals surface area contributed by atoms with Crippen LogP contribution in [0, 0.1) is 22.7 Å². The fourth-order valence-electron chi connectivity index (χ4n) is 2.35. The number of piperidine rings is 1. The SMILES string of the molecule is CNC(=O)C1CCN(C(=O)C2(C#N)CC2)CC1. The van der Waals surface area contributed by atoms with E-state index in [1.807, 2.05) is 0 Å². The molecular formula is C12H17N3O2. The van der Waals surface area contributed by atoms with Gasteiger partial charge < -0.3 is 10.2 Å². The summed E-state index contributed by atoms with van der Waals surface area (Å²) in [7, 11) is 1.63. The van der Waals surface area contributed by atoms with E-state index in [1.165, 1.54) is 0 Å². The topological polar surface area (TPSA) is 73.2 Å². The van der Waals surface area contributed by atoms with Gasteiger partial charge in [-0.05, 0) is 25.7 Å². The normalized spacial score (nSPS) is 22.7. The van der Waals surface area contributed by atoms with Crippen LogP contribution in [0.25, 0.3) is 0 Å². The van der Waals surface area contributed by atoms with Gasteiger partial charge in [-0.2, -0.15) is 5.26 Å². The van der Waals surface area contributed by atoms with Gasteiger partial charge in [0.1, 0.15) is 5.41 Å². The van der Waals surface area contributed by atoms with E-state index in [-0.39, 0.29) is 17.7 Å². The lowest BCUT2D eigenvalue weighted by atomic mass is 9.94. The van der Waals surface area contributed by atoms with Crippen molar-refractivity contribution >= 4 is 11.8 Å². The molecule has 2 amide bonds. The van der Waals surface area contributed by atoms with Gasteiger partial charge in [0.2, 0.25) is 11.8 Å². The van der Waals surface area contributed by atoms with Crippen molar-refractivity contribution in [2.75, 3.05) is 20.1 Å². The molecule has 17 heavy (non-hydrogen) atoms. The molecule has 1 saturated heterocycles. The number of nitrogens with one attached hydrogen (secondary N) is 1. The molecule has 0 unspecified atom stereocenters. The highest BCUT2D eigenvalue weighted by Crippen LogP contribution is 2.46. The molecule has 5 nitrogen and oxygen atoms in total. The number of rotatable bonds is 2. The molecule has 1 saturated carbocycles. The van der Waals surface area contributed by atoms with Crippen LogP contribution in [0.5, 0.6) is 0 Å². The summed E-state index contributed by atoms with van der Waals surface area (Å²) in [5, 5.41) is 11.6. The predicted octanol–water partition coefficient (Wildman–Crippen LogP) is 0.275. The van der Waals surface area contributed by atoms with E-state index >= 15 is 0 Å². The first-order chi connectivity index (χ1) is 8.13. The molecule has 5 heteroatoms. The molecule has 2 fully saturated rings. The maximum atomic E-state index is 12.1. The van der Waals surface area contributed by atoms with E-state index in [1.54, 1.807) is 11.9 Å². The van der Waals surface area contributed by atoms with Crippen molar-refractivity contribution in [3.05, 3.63) is 0 Å².